The molecule has 0 saturated carbocycles. The maximum atomic E-state index is 12.3. The summed E-state index contributed by atoms with van der Waals surface area (Å²) in [5.41, 5.74) is 1.15. The number of Topliss-reactive ketones (excluding diaryl/α,β-unsaturated/α-hetero) is 1. The monoisotopic (exact) mass is 247 g/mol. The fraction of sp³-hybridized carbons (Fsp3) is 0.0667. The fourth-order valence-electron chi connectivity index (χ4n) is 1.71. The molecule has 0 radical (unpaired) electrons. The first kappa shape index (κ1) is 12.5. The Balaban J connectivity index is 2.37. The third-order valence-electron chi connectivity index (χ3n) is 2.65. The summed E-state index contributed by atoms with van der Waals surface area (Å²) in [6.45, 7) is 0. The molecule has 0 fully saturated rings. The quantitative estimate of drug-likeness (QED) is 0.780. The van der Waals surface area contributed by atoms with Crippen molar-refractivity contribution in [1.29, 1.82) is 10.5 Å². The van der Waals surface area contributed by atoms with Gasteiger partial charge in [-0.2, -0.15) is 10.5 Å². The van der Waals surface area contributed by atoms with Crippen LogP contribution < -0.4 is 0 Å². The molecule has 0 unspecified atom stereocenters. The standard InChI is InChI=1S/C15H9N3O/c16-9-11-4-3-5-12(8-11)15(19)13(10-17)14-6-1-2-7-18-14/h1-8,13H/t13-/m0/s1. The van der Waals surface area contributed by atoms with Crippen LogP contribution in [0.15, 0.2) is 48.7 Å². The number of hydrogen-bond donors (Lipinski definition) is 0. The number of carbonyl (C=O) groups excluding carboxylic acids is 1. The smallest absolute Gasteiger partial charge is 0.186 e. The predicted octanol–water partition coefficient (Wildman–Crippen LogP) is 2.44. The van der Waals surface area contributed by atoms with E-state index in [4.69, 9.17) is 10.5 Å². The molecule has 0 aliphatic heterocycles. The number of hydrogen-bond acceptors (Lipinski definition) is 4. The summed E-state index contributed by atoms with van der Waals surface area (Å²) in [6, 6.07) is 15.3. The van der Waals surface area contributed by atoms with Crippen LogP contribution in [0.25, 0.3) is 0 Å². The van der Waals surface area contributed by atoms with E-state index in [1.165, 1.54) is 6.07 Å². The van der Waals surface area contributed by atoms with Crippen LogP contribution in [0.4, 0.5) is 0 Å². The first-order chi connectivity index (χ1) is 9.26. The maximum absolute atomic E-state index is 12.3. The van der Waals surface area contributed by atoms with E-state index in [1.807, 2.05) is 12.1 Å². The number of rotatable bonds is 3. The van der Waals surface area contributed by atoms with Gasteiger partial charge >= 0.3 is 0 Å². The van der Waals surface area contributed by atoms with Crippen LogP contribution in [0.2, 0.25) is 0 Å². The molecule has 0 amide bonds. The van der Waals surface area contributed by atoms with Crippen LogP contribution >= 0.6 is 0 Å². The van der Waals surface area contributed by atoms with Crippen LogP contribution in [0.3, 0.4) is 0 Å². The highest BCUT2D eigenvalue weighted by Gasteiger charge is 2.22. The van der Waals surface area contributed by atoms with Crippen LogP contribution in [0.5, 0.6) is 0 Å². The molecule has 4 heteroatoms. The van der Waals surface area contributed by atoms with Crippen molar-refractivity contribution in [2.75, 3.05) is 0 Å². The lowest BCUT2D eigenvalue weighted by molar-refractivity contribution is 0.0977. The second kappa shape index (κ2) is 5.57. The Morgan fingerprint density at radius 1 is 1.16 bits per heavy atom. The van der Waals surface area contributed by atoms with Gasteiger partial charge in [0.1, 0.15) is 0 Å². The second-order valence-corrected chi connectivity index (χ2v) is 3.87. The van der Waals surface area contributed by atoms with E-state index in [0.717, 1.165) is 0 Å². The van der Waals surface area contributed by atoms with Crippen molar-refractivity contribution in [3.8, 4) is 12.1 Å². The van der Waals surface area contributed by atoms with Gasteiger partial charge in [-0.15, -0.1) is 0 Å². The molecule has 0 bridgehead atoms. The summed E-state index contributed by atoms with van der Waals surface area (Å²) in [7, 11) is 0. The molecule has 2 aromatic rings. The molecule has 1 aromatic heterocycles. The van der Waals surface area contributed by atoms with Gasteiger partial charge in [-0.3, -0.25) is 9.78 Å². The van der Waals surface area contributed by atoms with E-state index in [2.05, 4.69) is 4.98 Å². The van der Waals surface area contributed by atoms with E-state index >= 15 is 0 Å². The minimum absolute atomic E-state index is 0.344. The molecule has 4 nitrogen and oxygen atoms in total. The van der Waals surface area contributed by atoms with Crippen molar-refractivity contribution in [2.45, 2.75) is 5.92 Å². The Kier molecular flexibility index (Phi) is 3.66. The zero-order valence-electron chi connectivity index (χ0n) is 9.95. The molecular formula is C15H9N3O. The summed E-state index contributed by atoms with van der Waals surface area (Å²) in [5, 5.41) is 18.0. The lowest BCUT2D eigenvalue weighted by atomic mass is 9.94. The Morgan fingerprint density at radius 3 is 2.63 bits per heavy atom. The molecule has 90 valence electrons. The summed E-state index contributed by atoms with van der Waals surface area (Å²) in [4.78, 5) is 16.3. The zero-order chi connectivity index (χ0) is 13.7. The Bertz CT molecular complexity index is 681. The lowest BCUT2D eigenvalue weighted by Gasteiger charge is -2.07. The molecular weight excluding hydrogens is 238 g/mol. The van der Waals surface area contributed by atoms with Gasteiger partial charge in [-0.25, -0.2) is 0 Å². The third-order valence-corrected chi connectivity index (χ3v) is 2.65. The van der Waals surface area contributed by atoms with E-state index in [9.17, 15) is 4.79 Å². The van der Waals surface area contributed by atoms with Gasteiger partial charge < -0.3 is 0 Å². The van der Waals surface area contributed by atoms with E-state index in [-0.39, 0.29) is 5.78 Å². The van der Waals surface area contributed by atoms with Crippen molar-refractivity contribution in [3.63, 3.8) is 0 Å². The first-order valence-electron chi connectivity index (χ1n) is 5.61. The van der Waals surface area contributed by atoms with Gasteiger partial charge in [0.05, 0.1) is 23.4 Å². The van der Waals surface area contributed by atoms with Gasteiger partial charge in [-0.1, -0.05) is 18.2 Å². The number of ketones is 1. The molecule has 0 aliphatic carbocycles. The Hall–Kier alpha value is -2.98. The van der Waals surface area contributed by atoms with Gasteiger partial charge in [0.15, 0.2) is 11.7 Å². The number of pyridine rings is 1. The van der Waals surface area contributed by atoms with Crippen LogP contribution in [0, 0.1) is 22.7 Å². The highest BCUT2D eigenvalue weighted by atomic mass is 16.1. The number of benzene rings is 1. The molecule has 1 aromatic carbocycles. The Labute approximate surface area is 110 Å². The highest BCUT2D eigenvalue weighted by molar-refractivity contribution is 6.02. The first-order valence-corrected chi connectivity index (χ1v) is 5.61. The summed E-state index contributed by atoms with van der Waals surface area (Å²) >= 11 is 0. The van der Waals surface area contributed by atoms with Crippen molar-refractivity contribution < 1.29 is 4.79 Å². The summed E-state index contributed by atoms with van der Waals surface area (Å²) < 4.78 is 0. The van der Waals surface area contributed by atoms with Gasteiger partial charge in [0, 0.05) is 11.8 Å². The number of carbonyl (C=O) groups is 1. The molecule has 0 spiro atoms. The summed E-state index contributed by atoms with van der Waals surface area (Å²) in [6.07, 6.45) is 1.54. The van der Waals surface area contributed by atoms with Gasteiger partial charge in [-0.05, 0) is 24.3 Å². The average molecular weight is 247 g/mol. The molecule has 1 heterocycles. The number of nitriles is 2. The molecule has 0 saturated heterocycles. The van der Waals surface area contributed by atoms with Crippen LogP contribution in [-0.2, 0) is 0 Å². The van der Waals surface area contributed by atoms with Crippen molar-refractivity contribution in [2.24, 2.45) is 0 Å². The van der Waals surface area contributed by atoms with Gasteiger partial charge in [0.2, 0.25) is 0 Å². The number of nitrogens with zero attached hydrogens (tertiary/aromatic N) is 3. The average Bonchev–Trinajstić information content (AvgIpc) is 2.49. The predicted molar refractivity (Wildman–Crippen MR) is 68.1 cm³/mol. The van der Waals surface area contributed by atoms with Crippen molar-refractivity contribution >= 4 is 5.78 Å². The zero-order valence-corrected chi connectivity index (χ0v) is 9.95. The maximum Gasteiger partial charge on any atom is 0.186 e. The van der Waals surface area contributed by atoms with E-state index in [0.29, 0.717) is 16.8 Å². The van der Waals surface area contributed by atoms with E-state index < -0.39 is 5.92 Å². The molecule has 0 N–H and O–H groups in total. The Morgan fingerprint density at radius 2 is 2.00 bits per heavy atom. The second-order valence-electron chi connectivity index (χ2n) is 3.87. The molecule has 2 rings (SSSR count). The normalized spacial score (nSPS) is 11.1. The fourth-order valence-corrected chi connectivity index (χ4v) is 1.71. The molecule has 1 atom stereocenters. The van der Waals surface area contributed by atoms with Crippen molar-refractivity contribution in [1.82, 2.24) is 4.98 Å². The topological polar surface area (TPSA) is 77.5 Å². The molecule has 19 heavy (non-hydrogen) atoms. The third kappa shape index (κ3) is 2.65. The van der Waals surface area contributed by atoms with Crippen molar-refractivity contribution in [3.05, 3.63) is 65.5 Å². The van der Waals surface area contributed by atoms with Gasteiger partial charge in [0.25, 0.3) is 0 Å². The van der Waals surface area contributed by atoms with Crippen LogP contribution in [-0.4, -0.2) is 10.8 Å². The number of aromatic nitrogens is 1. The minimum Gasteiger partial charge on any atom is -0.292 e. The van der Waals surface area contributed by atoms with E-state index in [1.54, 1.807) is 42.6 Å². The lowest BCUT2D eigenvalue weighted by Crippen LogP contribution is -2.12. The largest absolute Gasteiger partial charge is 0.292 e. The summed E-state index contributed by atoms with van der Waals surface area (Å²) in [5.74, 6) is -1.30. The SMILES string of the molecule is N#Cc1cccc(C(=O)[C@@H](C#N)c2ccccn2)c1. The van der Waals surface area contributed by atoms with Crippen LogP contribution in [0.1, 0.15) is 27.5 Å². The highest BCUT2D eigenvalue weighted by Crippen LogP contribution is 2.19. The molecule has 0 aliphatic rings. The minimum atomic E-state index is -0.949.